The zero-order valence-electron chi connectivity index (χ0n) is 11.3. The summed E-state index contributed by atoms with van der Waals surface area (Å²) in [7, 11) is 5.94. The molecule has 1 aromatic carbocycles. The standard InChI is InChI=1S/C14H17Cl2N3/c1-17-5-4-10-8-13(19(2)3)11-6-9(15)7-12(16)14(11)18-10/h6-8,17H,4-5H2,1-3H3. The first kappa shape index (κ1) is 14.4. The molecule has 1 N–H and O–H groups in total. The second kappa shape index (κ2) is 5.95. The number of rotatable bonds is 4. The largest absolute Gasteiger partial charge is 0.377 e. The molecular formula is C14H17Cl2N3. The molecule has 0 aliphatic rings. The lowest BCUT2D eigenvalue weighted by Crippen LogP contribution is -2.14. The molecule has 0 saturated heterocycles. The highest BCUT2D eigenvalue weighted by Gasteiger charge is 2.11. The minimum absolute atomic E-state index is 0.594. The second-order valence-corrected chi connectivity index (χ2v) is 5.51. The summed E-state index contributed by atoms with van der Waals surface area (Å²) in [6.45, 7) is 0.886. The molecule has 0 radical (unpaired) electrons. The third kappa shape index (κ3) is 3.11. The molecule has 2 aromatic rings. The van der Waals surface area contributed by atoms with Crippen LogP contribution >= 0.6 is 23.2 Å². The number of likely N-dealkylation sites (N-methyl/N-ethyl adjacent to an activating group) is 1. The van der Waals surface area contributed by atoms with Gasteiger partial charge in [0, 0.05) is 48.9 Å². The molecule has 2 rings (SSSR count). The van der Waals surface area contributed by atoms with E-state index < -0.39 is 0 Å². The Labute approximate surface area is 123 Å². The van der Waals surface area contributed by atoms with Crippen LogP contribution in [0.1, 0.15) is 5.69 Å². The van der Waals surface area contributed by atoms with Crippen LogP contribution in [0.4, 0.5) is 5.69 Å². The highest BCUT2D eigenvalue weighted by Crippen LogP contribution is 2.33. The Hall–Kier alpha value is -1.03. The van der Waals surface area contributed by atoms with Gasteiger partial charge in [-0.3, -0.25) is 4.98 Å². The highest BCUT2D eigenvalue weighted by molar-refractivity contribution is 6.38. The molecule has 0 aliphatic carbocycles. The van der Waals surface area contributed by atoms with Crippen LogP contribution in [0.3, 0.4) is 0 Å². The lowest BCUT2D eigenvalue weighted by molar-refractivity contribution is 0.779. The zero-order valence-corrected chi connectivity index (χ0v) is 12.8. The van der Waals surface area contributed by atoms with E-state index in [-0.39, 0.29) is 0 Å². The predicted octanol–water partition coefficient (Wildman–Crippen LogP) is 3.37. The number of pyridine rings is 1. The SMILES string of the molecule is CNCCc1cc(N(C)C)c2cc(Cl)cc(Cl)c2n1. The average molecular weight is 298 g/mol. The van der Waals surface area contributed by atoms with E-state index in [9.17, 15) is 0 Å². The smallest absolute Gasteiger partial charge is 0.0913 e. The molecule has 102 valence electrons. The molecule has 3 nitrogen and oxygen atoms in total. The van der Waals surface area contributed by atoms with Crippen molar-refractivity contribution in [3.05, 3.63) is 33.9 Å². The normalized spacial score (nSPS) is 11.0. The topological polar surface area (TPSA) is 28.2 Å². The summed E-state index contributed by atoms with van der Waals surface area (Å²) in [5.41, 5.74) is 2.92. The quantitative estimate of drug-likeness (QED) is 0.938. The summed E-state index contributed by atoms with van der Waals surface area (Å²) < 4.78 is 0. The van der Waals surface area contributed by atoms with Crippen molar-refractivity contribution in [2.45, 2.75) is 6.42 Å². The number of halogens is 2. The zero-order chi connectivity index (χ0) is 14.0. The summed E-state index contributed by atoms with van der Waals surface area (Å²) in [5, 5.41) is 5.34. The summed E-state index contributed by atoms with van der Waals surface area (Å²) in [6, 6.07) is 5.74. The lowest BCUT2D eigenvalue weighted by Gasteiger charge is -2.17. The number of aromatic nitrogens is 1. The summed E-state index contributed by atoms with van der Waals surface area (Å²) >= 11 is 12.3. The van der Waals surface area contributed by atoms with Crippen LogP contribution in [-0.2, 0) is 6.42 Å². The number of fused-ring (bicyclic) bond motifs is 1. The predicted molar refractivity (Wildman–Crippen MR) is 83.7 cm³/mol. The molecule has 0 atom stereocenters. The number of hydrogen-bond donors (Lipinski definition) is 1. The van der Waals surface area contributed by atoms with E-state index in [0.29, 0.717) is 10.0 Å². The molecule has 0 bridgehead atoms. The van der Waals surface area contributed by atoms with Gasteiger partial charge in [0.15, 0.2) is 0 Å². The van der Waals surface area contributed by atoms with E-state index in [4.69, 9.17) is 23.2 Å². The van der Waals surface area contributed by atoms with Crippen molar-refractivity contribution in [1.82, 2.24) is 10.3 Å². The molecule has 0 unspecified atom stereocenters. The Kier molecular flexibility index (Phi) is 4.50. The fourth-order valence-electron chi connectivity index (χ4n) is 2.04. The van der Waals surface area contributed by atoms with E-state index >= 15 is 0 Å². The van der Waals surface area contributed by atoms with Crippen LogP contribution in [0.5, 0.6) is 0 Å². The molecule has 0 fully saturated rings. The van der Waals surface area contributed by atoms with Gasteiger partial charge in [-0.05, 0) is 25.2 Å². The van der Waals surface area contributed by atoms with E-state index in [1.54, 1.807) is 6.07 Å². The monoisotopic (exact) mass is 297 g/mol. The lowest BCUT2D eigenvalue weighted by atomic mass is 10.1. The van der Waals surface area contributed by atoms with Crippen LogP contribution in [0, 0.1) is 0 Å². The number of nitrogens with zero attached hydrogens (tertiary/aromatic N) is 2. The second-order valence-electron chi connectivity index (χ2n) is 4.66. The molecule has 0 aliphatic heterocycles. The molecule has 5 heteroatoms. The third-order valence-corrected chi connectivity index (χ3v) is 3.48. The van der Waals surface area contributed by atoms with Gasteiger partial charge in [0.2, 0.25) is 0 Å². The van der Waals surface area contributed by atoms with Crippen molar-refractivity contribution >= 4 is 39.8 Å². The maximum Gasteiger partial charge on any atom is 0.0913 e. The summed E-state index contributed by atoms with van der Waals surface area (Å²) in [5.74, 6) is 0. The Morgan fingerprint density at radius 2 is 1.95 bits per heavy atom. The Morgan fingerprint density at radius 1 is 1.21 bits per heavy atom. The number of benzene rings is 1. The first-order chi connectivity index (χ1) is 9.02. The van der Waals surface area contributed by atoms with Crippen molar-refractivity contribution in [3.63, 3.8) is 0 Å². The molecule has 0 amide bonds. The molecule has 0 spiro atoms. The number of nitrogens with one attached hydrogen (secondary N) is 1. The van der Waals surface area contributed by atoms with Gasteiger partial charge >= 0.3 is 0 Å². The van der Waals surface area contributed by atoms with E-state index in [1.807, 2.05) is 27.2 Å². The fraction of sp³-hybridized carbons (Fsp3) is 0.357. The first-order valence-corrected chi connectivity index (χ1v) is 6.89. The molecule has 1 aromatic heterocycles. The maximum atomic E-state index is 6.26. The minimum Gasteiger partial charge on any atom is -0.377 e. The molecule has 0 saturated carbocycles. The van der Waals surface area contributed by atoms with E-state index in [1.165, 1.54) is 0 Å². The van der Waals surface area contributed by atoms with Gasteiger partial charge in [-0.15, -0.1) is 0 Å². The van der Waals surface area contributed by atoms with Crippen molar-refractivity contribution < 1.29 is 0 Å². The van der Waals surface area contributed by atoms with E-state index in [2.05, 4.69) is 21.3 Å². The number of hydrogen-bond acceptors (Lipinski definition) is 3. The van der Waals surface area contributed by atoms with Crippen LogP contribution in [0.15, 0.2) is 18.2 Å². The molecule has 1 heterocycles. The number of anilines is 1. The highest BCUT2D eigenvalue weighted by atomic mass is 35.5. The van der Waals surface area contributed by atoms with Crippen LogP contribution in [-0.4, -0.2) is 32.7 Å². The van der Waals surface area contributed by atoms with Crippen molar-refractivity contribution in [2.24, 2.45) is 0 Å². The van der Waals surface area contributed by atoms with Crippen molar-refractivity contribution in [1.29, 1.82) is 0 Å². The maximum absolute atomic E-state index is 6.26. The van der Waals surface area contributed by atoms with Crippen molar-refractivity contribution in [2.75, 3.05) is 32.6 Å². The Bertz CT molecular complexity index is 597. The Morgan fingerprint density at radius 3 is 2.58 bits per heavy atom. The summed E-state index contributed by atoms with van der Waals surface area (Å²) in [6.07, 6.45) is 0.867. The van der Waals surface area contributed by atoms with Crippen LogP contribution in [0.25, 0.3) is 10.9 Å². The van der Waals surface area contributed by atoms with Crippen molar-refractivity contribution in [3.8, 4) is 0 Å². The van der Waals surface area contributed by atoms with Gasteiger partial charge in [-0.25, -0.2) is 0 Å². The van der Waals surface area contributed by atoms with Crippen LogP contribution in [0.2, 0.25) is 10.0 Å². The van der Waals surface area contributed by atoms with E-state index in [0.717, 1.165) is 35.2 Å². The van der Waals surface area contributed by atoms with Gasteiger partial charge in [0.25, 0.3) is 0 Å². The first-order valence-electron chi connectivity index (χ1n) is 6.13. The van der Waals surface area contributed by atoms with Gasteiger partial charge < -0.3 is 10.2 Å². The minimum atomic E-state index is 0.594. The average Bonchev–Trinajstić information content (AvgIpc) is 2.35. The van der Waals surface area contributed by atoms with Gasteiger partial charge in [0.1, 0.15) is 0 Å². The molecular weight excluding hydrogens is 281 g/mol. The summed E-state index contributed by atoms with van der Waals surface area (Å²) in [4.78, 5) is 6.69. The molecule has 19 heavy (non-hydrogen) atoms. The van der Waals surface area contributed by atoms with Gasteiger partial charge in [0.05, 0.1) is 10.5 Å². The third-order valence-electron chi connectivity index (χ3n) is 2.98. The van der Waals surface area contributed by atoms with Gasteiger partial charge in [-0.2, -0.15) is 0 Å². The fourth-order valence-corrected chi connectivity index (χ4v) is 2.57. The van der Waals surface area contributed by atoms with Crippen LogP contribution < -0.4 is 10.2 Å². The Balaban J connectivity index is 2.65. The van der Waals surface area contributed by atoms with Gasteiger partial charge in [-0.1, -0.05) is 23.2 Å².